The number of hydrogen-bond donors (Lipinski definition) is 1. The lowest BCUT2D eigenvalue weighted by Crippen LogP contribution is -2.14. The van der Waals surface area contributed by atoms with E-state index in [9.17, 15) is 4.79 Å². The van der Waals surface area contributed by atoms with Gasteiger partial charge in [-0.05, 0) is 67.3 Å². The van der Waals surface area contributed by atoms with E-state index in [4.69, 9.17) is 21.1 Å². The topological polar surface area (TPSA) is 78.3 Å². The molecule has 2 aromatic heterocycles. The molecule has 0 aliphatic heterocycles. The Morgan fingerprint density at radius 3 is 2.63 bits per heavy atom. The van der Waals surface area contributed by atoms with E-state index in [1.165, 1.54) is 0 Å². The molecular weight excluding hydrogens is 464 g/mol. The number of pyridine rings is 1. The molecule has 0 saturated heterocycles. The molecule has 0 unspecified atom stereocenters. The summed E-state index contributed by atoms with van der Waals surface area (Å²) in [6.45, 7) is 2.31. The second kappa shape index (κ2) is 9.80. The van der Waals surface area contributed by atoms with Gasteiger partial charge in [-0.3, -0.25) is 9.78 Å². The molecule has 8 heteroatoms. The molecule has 0 atom stereocenters. The number of amides is 1. The van der Waals surface area contributed by atoms with Gasteiger partial charge >= 0.3 is 0 Å². The summed E-state index contributed by atoms with van der Waals surface area (Å²) in [4.78, 5) is 17.3. The standard InChI is InChI=1S/C27H25ClN4O3/c1-17-3-7-21(14-23(17)28)32-26(19-4-5-19)22(15-30-32)27(33)31-20-6-8-24(34-2)25(13-20)35-16-18-9-11-29-12-10-18/h3,6-15,19H,4-5,16H2,1-2H3,(H,31,33). The number of aromatic nitrogens is 3. The second-order valence-corrected chi connectivity index (χ2v) is 8.93. The molecule has 0 spiro atoms. The van der Waals surface area contributed by atoms with Crippen LogP contribution in [0.3, 0.4) is 0 Å². The third-order valence-electron chi connectivity index (χ3n) is 5.98. The van der Waals surface area contributed by atoms with Crippen molar-refractivity contribution in [3.8, 4) is 17.2 Å². The van der Waals surface area contributed by atoms with Crippen molar-refractivity contribution in [2.75, 3.05) is 12.4 Å². The van der Waals surface area contributed by atoms with E-state index < -0.39 is 0 Å². The molecule has 2 aromatic carbocycles. The number of halogens is 1. The summed E-state index contributed by atoms with van der Waals surface area (Å²) < 4.78 is 13.2. The molecule has 35 heavy (non-hydrogen) atoms. The lowest BCUT2D eigenvalue weighted by Gasteiger charge is -2.14. The minimum Gasteiger partial charge on any atom is -0.493 e. The van der Waals surface area contributed by atoms with Crippen LogP contribution in [0, 0.1) is 6.92 Å². The fourth-order valence-electron chi connectivity index (χ4n) is 3.91. The Morgan fingerprint density at radius 2 is 1.91 bits per heavy atom. The van der Waals surface area contributed by atoms with Gasteiger partial charge in [0.25, 0.3) is 5.91 Å². The fraction of sp³-hybridized carbons (Fsp3) is 0.222. The maximum atomic E-state index is 13.3. The number of nitrogens with zero attached hydrogens (tertiary/aromatic N) is 3. The summed E-state index contributed by atoms with van der Waals surface area (Å²) in [5, 5.41) is 8.20. The number of nitrogens with one attached hydrogen (secondary N) is 1. The number of carbonyl (C=O) groups excluding carboxylic acids is 1. The van der Waals surface area contributed by atoms with Crippen LogP contribution in [0.1, 0.15) is 45.9 Å². The number of benzene rings is 2. The Labute approximate surface area is 208 Å². The Balaban J connectivity index is 1.39. The zero-order valence-corrected chi connectivity index (χ0v) is 20.2. The number of methoxy groups -OCH3 is 1. The molecule has 2 heterocycles. The van der Waals surface area contributed by atoms with Crippen LogP contribution in [0.4, 0.5) is 5.69 Å². The maximum absolute atomic E-state index is 13.3. The van der Waals surface area contributed by atoms with Crippen LogP contribution >= 0.6 is 11.6 Å². The van der Waals surface area contributed by atoms with Crippen LogP contribution in [0.5, 0.6) is 11.5 Å². The zero-order chi connectivity index (χ0) is 24.4. The van der Waals surface area contributed by atoms with Crippen molar-refractivity contribution in [2.24, 2.45) is 0 Å². The Bertz CT molecular complexity index is 1370. The lowest BCUT2D eigenvalue weighted by atomic mass is 10.1. The lowest BCUT2D eigenvalue weighted by molar-refractivity contribution is 0.102. The highest BCUT2D eigenvalue weighted by Gasteiger charge is 2.33. The predicted molar refractivity (Wildman–Crippen MR) is 135 cm³/mol. The van der Waals surface area contributed by atoms with E-state index in [-0.39, 0.29) is 5.91 Å². The van der Waals surface area contributed by atoms with Crippen LogP contribution in [-0.2, 0) is 6.61 Å². The first-order chi connectivity index (χ1) is 17.0. The van der Waals surface area contributed by atoms with Gasteiger partial charge in [0.15, 0.2) is 11.5 Å². The smallest absolute Gasteiger partial charge is 0.259 e. The third kappa shape index (κ3) is 5.00. The highest BCUT2D eigenvalue weighted by Crippen LogP contribution is 2.43. The summed E-state index contributed by atoms with van der Waals surface area (Å²) in [5.41, 5.74) is 4.89. The van der Waals surface area contributed by atoms with Crippen molar-refractivity contribution in [2.45, 2.75) is 32.3 Å². The number of anilines is 1. The van der Waals surface area contributed by atoms with Gasteiger partial charge in [0.2, 0.25) is 0 Å². The first kappa shape index (κ1) is 22.9. The van der Waals surface area contributed by atoms with Gasteiger partial charge in [0.1, 0.15) is 6.61 Å². The SMILES string of the molecule is COc1ccc(NC(=O)c2cnn(-c3ccc(C)c(Cl)c3)c2C2CC2)cc1OCc1ccncc1. The molecule has 7 nitrogen and oxygen atoms in total. The van der Waals surface area contributed by atoms with Gasteiger partial charge in [-0.1, -0.05) is 17.7 Å². The van der Waals surface area contributed by atoms with E-state index in [1.807, 2.05) is 41.9 Å². The molecule has 178 valence electrons. The first-order valence-electron chi connectivity index (χ1n) is 11.4. The average molecular weight is 489 g/mol. The van der Waals surface area contributed by atoms with E-state index in [1.54, 1.807) is 43.9 Å². The summed E-state index contributed by atoms with van der Waals surface area (Å²) in [5.74, 6) is 1.20. The molecule has 1 aliphatic carbocycles. The van der Waals surface area contributed by atoms with E-state index in [0.29, 0.717) is 40.3 Å². The zero-order valence-electron chi connectivity index (χ0n) is 19.5. The second-order valence-electron chi connectivity index (χ2n) is 8.53. The molecular formula is C27H25ClN4O3. The Kier molecular flexibility index (Phi) is 6.42. The van der Waals surface area contributed by atoms with Crippen LogP contribution in [0.25, 0.3) is 5.69 Å². The largest absolute Gasteiger partial charge is 0.493 e. The van der Waals surface area contributed by atoms with Gasteiger partial charge in [0.05, 0.1) is 30.3 Å². The van der Waals surface area contributed by atoms with Crippen LogP contribution in [-0.4, -0.2) is 27.8 Å². The first-order valence-corrected chi connectivity index (χ1v) is 11.8. The molecule has 0 radical (unpaired) electrons. The molecule has 4 aromatic rings. The van der Waals surface area contributed by atoms with Crippen molar-refractivity contribution < 1.29 is 14.3 Å². The van der Waals surface area contributed by atoms with Crippen LogP contribution < -0.4 is 14.8 Å². The average Bonchev–Trinajstić information content (AvgIpc) is 3.62. The monoisotopic (exact) mass is 488 g/mol. The summed E-state index contributed by atoms with van der Waals surface area (Å²) in [7, 11) is 1.58. The van der Waals surface area contributed by atoms with Crippen molar-refractivity contribution in [1.82, 2.24) is 14.8 Å². The molecule has 1 aliphatic rings. The number of hydrogen-bond acceptors (Lipinski definition) is 5. The van der Waals surface area contributed by atoms with Crippen LogP contribution in [0.15, 0.2) is 67.1 Å². The molecule has 0 bridgehead atoms. The van der Waals surface area contributed by atoms with Crippen molar-refractivity contribution in [1.29, 1.82) is 0 Å². The molecule has 5 rings (SSSR count). The van der Waals surface area contributed by atoms with Gasteiger partial charge < -0.3 is 14.8 Å². The number of carbonyl (C=O) groups is 1. The Morgan fingerprint density at radius 1 is 1.11 bits per heavy atom. The molecule has 1 N–H and O–H groups in total. The predicted octanol–water partition coefficient (Wildman–Crippen LogP) is 5.95. The van der Waals surface area contributed by atoms with E-state index >= 15 is 0 Å². The highest BCUT2D eigenvalue weighted by atomic mass is 35.5. The number of aryl methyl sites for hydroxylation is 1. The minimum absolute atomic E-state index is 0.221. The van der Waals surface area contributed by atoms with Gasteiger partial charge in [-0.2, -0.15) is 5.10 Å². The van der Waals surface area contributed by atoms with Gasteiger partial charge in [-0.15, -0.1) is 0 Å². The maximum Gasteiger partial charge on any atom is 0.259 e. The molecule has 1 saturated carbocycles. The highest BCUT2D eigenvalue weighted by molar-refractivity contribution is 6.31. The molecule has 1 fully saturated rings. The molecule has 1 amide bonds. The third-order valence-corrected chi connectivity index (χ3v) is 6.39. The van der Waals surface area contributed by atoms with Crippen LogP contribution in [0.2, 0.25) is 5.02 Å². The van der Waals surface area contributed by atoms with Gasteiger partial charge in [-0.25, -0.2) is 4.68 Å². The fourth-order valence-corrected chi connectivity index (χ4v) is 4.08. The van der Waals surface area contributed by atoms with Crippen molar-refractivity contribution in [3.63, 3.8) is 0 Å². The van der Waals surface area contributed by atoms with Gasteiger partial charge in [0, 0.05) is 35.1 Å². The van der Waals surface area contributed by atoms with E-state index in [0.717, 1.165) is 35.3 Å². The quantitative estimate of drug-likeness (QED) is 0.332. The van der Waals surface area contributed by atoms with Crippen molar-refractivity contribution >= 4 is 23.2 Å². The number of rotatable bonds is 8. The number of ether oxygens (including phenoxy) is 2. The normalized spacial score (nSPS) is 12.9. The van der Waals surface area contributed by atoms with E-state index in [2.05, 4.69) is 15.4 Å². The summed E-state index contributed by atoms with van der Waals surface area (Å²) in [6, 6.07) is 14.9. The summed E-state index contributed by atoms with van der Waals surface area (Å²) >= 11 is 6.35. The minimum atomic E-state index is -0.221. The summed E-state index contributed by atoms with van der Waals surface area (Å²) in [6.07, 6.45) is 7.12. The van der Waals surface area contributed by atoms with Crippen molar-refractivity contribution in [3.05, 3.63) is 94.5 Å². The Hall–Kier alpha value is -3.84.